The monoisotopic (exact) mass is 328 g/mol. The maximum atomic E-state index is 12.9. The van der Waals surface area contributed by atoms with Crippen molar-refractivity contribution in [2.75, 3.05) is 19.6 Å². The summed E-state index contributed by atoms with van der Waals surface area (Å²) < 4.78 is 0. The number of nitrogens with one attached hydrogen (secondary N) is 1. The SMILES string of the molecule is CC(C)CCN(C(=O)c1cccc(Cl)c1Cl)C1CCNC1. The Hall–Kier alpha value is -0.770. The fraction of sp³-hybridized carbons (Fsp3) is 0.562. The fourth-order valence-electron chi connectivity index (χ4n) is 2.58. The molecule has 0 aromatic heterocycles. The van der Waals surface area contributed by atoms with Crippen molar-refractivity contribution < 1.29 is 4.79 Å². The summed E-state index contributed by atoms with van der Waals surface area (Å²) in [6.45, 7) is 6.90. The Bertz CT molecular complexity index is 499. The van der Waals surface area contributed by atoms with E-state index in [1.807, 2.05) is 4.90 Å². The summed E-state index contributed by atoms with van der Waals surface area (Å²) in [5, 5.41) is 4.10. The predicted octanol–water partition coefficient (Wildman–Crippen LogP) is 3.84. The van der Waals surface area contributed by atoms with E-state index in [1.165, 1.54) is 0 Å². The molecule has 0 aliphatic carbocycles. The lowest BCUT2D eigenvalue weighted by Gasteiger charge is -2.29. The standard InChI is InChI=1S/C16H22Cl2N2O/c1-11(2)7-9-20(12-6-8-19-10-12)16(21)13-4-3-5-14(17)15(13)18/h3-5,11-12,19H,6-10H2,1-2H3. The molecular weight excluding hydrogens is 307 g/mol. The van der Waals surface area contributed by atoms with Crippen molar-refractivity contribution in [3.8, 4) is 0 Å². The lowest BCUT2D eigenvalue weighted by molar-refractivity contribution is 0.0683. The Morgan fingerprint density at radius 3 is 2.81 bits per heavy atom. The van der Waals surface area contributed by atoms with Gasteiger partial charge in [-0.15, -0.1) is 0 Å². The van der Waals surface area contributed by atoms with E-state index in [2.05, 4.69) is 19.2 Å². The Morgan fingerprint density at radius 2 is 2.19 bits per heavy atom. The third-order valence-corrected chi connectivity index (χ3v) is 4.68. The first-order valence-corrected chi connectivity index (χ1v) is 8.22. The maximum Gasteiger partial charge on any atom is 0.255 e. The van der Waals surface area contributed by atoms with Gasteiger partial charge in [-0.3, -0.25) is 4.79 Å². The van der Waals surface area contributed by atoms with Gasteiger partial charge in [0.1, 0.15) is 0 Å². The van der Waals surface area contributed by atoms with E-state index in [0.29, 0.717) is 21.5 Å². The van der Waals surface area contributed by atoms with Crippen LogP contribution in [0.5, 0.6) is 0 Å². The summed E-state index contributed by atoms with van der Waals surface area (Å²) in [7, 11) is 0. The highest BCUT2D eigenvalue weighted by Gasteiger charge is 2.28. The third kappa shape index (κ3) is 4.12. The lowest BCUT2D eigenvalue weighted by atomic mass is 10.1. The van der Waals surface area contributed by atoms with Crippen LogP contribution in [-0.4, -0.2) is 36.5 Å². The van der Waals surface area contributed by atoms with E-state index in [-0.39, 0.29) is 11.9 Å². The molecule has 0 radical (unpaired) electrons. The predicted molar refractivity (Wildman–Crippen MR) is 88.2 cm³/mol. The van der Waals surface area contributed by atoms with Gasteiger partial charge in [-0.25, -0.2) is 0 Å². The molecule has 1 aliphatic heterocycles. The maximum absolute atomic E-state index is 12.9. The highest BCUT2D eigenvalue weighted by Crippen LogP contribution is 2.27. The van der Waals surface area contributed by atoms with Crippen molar-refractivity contribution in [2.24, 2.45) is 5.92 Å². The normalized spacial score (nSPS) is 18.2. The van der Waals surface area contributed by atoms with Crippen molar-refractivity contribution in [2.45, 2.75) is 32.7 Å². The second-order valence-corrected chi connectivity index (χ2v) is 6.71. The van der Waals surface area contributed by atoms with Gasteiger partial charge >= 0.3 is 0 Å². The van der Waals surface area contributed by atoms with E-state index in [4.69, 9.17) is 23.2 Å². The number of carbonyl (C=O) groups is 1. The Labute approximate surface area is 136 Å². The van der Waals surface area contributed by atoms with Crippen LogP contribution in [0.3, 0.4) is 0 Å². The largest absolute Gasteiger partial charge is 0.334 e. The van der Waals surface area contributed by atoms with Crippen LogP contribution in [0, 0.1) is 5.92 Å². The smallest absolute Gasteiger partial charge is 0.255 e. The molecule has 1 unspecified atom stereocenters. The molecule has 1 atom stereocenters. The number of carbonyl (C=O) groups excluding carboxylic acids is 1. The van der Waals surface area contributed by atoms with Crippen molar-refractivity contribution in [1.82, 2.24) is 10.2 Å². The Morgan fingerprint density at radius 1 is 1.43 bits per heavy atom. The number of halogens is 2. The number of hydrogen-bond acceptors (Lipinski definition) is 2. The molecule has 1 N–H and O–H groups in total. The number of benzene rings is 1. The highest BCUT2D eigenvalue weighted by atomic mass is 35.5. The zero-order valence-electron chi connectivity index (χ0n) is 12.5. The summed E-state index contributed by atoms with van der Waals surface area (Å²) in [4.78, 5) is 14.8. The number of hydrogen-bond donors (Lipinski definition) is 1. The van der Waals surface area contributed by atoms with Gasteiger partial charge < -0.3 is 10.2 Å². The molecule has 1 heterocycles. The summed E-state index contributed by atoms with van der Waals surface area (Å²) in [6.07, 6.45) is 1.97. The second kappa shape index (κ2) is 7.48. The van der Waals surface area contributed by atoms with Gasteiger partial charge in [-0.05, 0) is 37.4 Å². The average molecular weight is 329 g/mol. The van der Waals surface area contributed by atoms with Crippen molar-refractivity contribution in [1.29, 1.82) is 0 Å². The minimum atomic E-state index is -0.0168. The van der Waals surface area contributed by atoms with Gasteiger partial charge in [0.05, 0.1) is 15.6 Å². The first-order valence-electron chi connectivity index (χ1n) is 7.46. The van der Waals surface area contributed by atoms with Crippen LogP contribution >= 0.6 is 23.2 Å². The molecule has 1 aromatic rings. The van der Waals surface area contributed by atoms with Crippen LogP contribution in [0.25, 0.3) is 0 Å². The molecule has 1 aliphatic rings. The van der Waals surface area contributed by atoms with Crippen LogP contribution in [-0.2, 0) is 0 Å². The molecule has 5 heteroatoms. The fourth-order valence-corrected chi connectivity index (χ4v) is 2.96. The third-order valence-electron chi connectivity index (χ3n) is 3.87. The Kier molecular flexibility index (Phi) is 5.91. The highest BCUT2D eigenvalue weighted by molar-refractivity contribution is 6.43. The first-order chi connectivity index (χ1) is 10.0. The van der Waals surface area contributed by atoms with Gasteiger partial charge in [0.15, 0.2) is 0 Å². The van der Waals surface area contributed by atoms with Crippen molar-refractivity contribution in [3.63, 3.8) is 0 Å². The first kappa shape index (κ1) is 16.6. The average Bonchev–Trinajstić information content (AvgIpc) is 2.95. The second-order valence-electron chi connectivity index (χ2n) is 5.93. The number of amides is 1. The quantitative estimate of drug-likeness (QED) is 0.890. The number of nitrogens with zero attached hydrogens (tertiary/aromatic N) is 1. The van der Waals surface area contributed by atoms with Crippen LogP contribution < -0.4 is 5.32 Å². The van der Waals surface area contributed by atoms with Gasteiger partial charge in [-0.2, -0.15) is 0 Å². The minimum Gasteiger partial charge on any atom is -0.334 e. The molecule has 1 aromatic carbocycles. The van der Waals surface area contributed by atoms with Crippen LogP contribution in [0.4, 0.5) is 0 Å². The molecule has 0 spiro atoms. The van der Waals surface area contributed by atoms with Crippen molar-refractivity contribution >= 4 is 29.1 Å². The zero-order valence-corrected chi connectivity index (χ0v) is 14.0. The van der Waals surface area contributed by atoms with Crippen LogP contribution in [0.2, 0.25) is 10.0 Å². The summed E-state index contributed by atoms with van der Waals surface area (Å²) >= 11 is 12.2. The molecule has 1 fully saturated rings. The Balaban J connectivity index is 2.22. The summed E-state index contributed by atoms with van der Waals surface area (Å²) in [5.41, 5.74) is 0.500. The molecule has 3 nitrogen and oxygen atoms in total. The van der Waals surface area contributed by atoms with E-state index in [1.54, 1.807) is 18.2 Å². The minimum absolute atomic E-state index is 0.0168. The molecule has 1 saturated heterocycles. The summed E-state index contributed by atoms with van der Waals surface area (Å²) in [6, 6.07) is 5.47. The van der Waals surface area contributed by atoms with Gasteiger partial charge in [0.25, 0.3) is 5.91 Å². The zero-order chi connectivity index (χ0) is 15.4. The molecule has 116 valence electrons. The molecular formula is C16H22Cl2N2O. The lowest BCUT2D eigenvalue weighted by Crippen LogP contribution is -2.42. The molecule has 2 rings (SSSR count). The van der Waals surface area contributed by atoms with Crippen LogP contribution in [0.15, 0.2) is 18.2 Å². The van der Waals surface area contributed by atoms with Gasteiger partial charge in [0, 0.05) is 19.1 Å². The van der Waals surface area contributed by atoms with E-state index in [9.17, 15) is 4.79 Å². The topological polar surface area (TPSA) is 32.3 Å². The molecule has 1 amide bonds. The number of rotatable bonds is 5. The van der Waals surface area contributed by atoms with Gasteiger partial charge in [-0.1, -0.05) is 43.1 Å². The van der Waals surface area contributed by atoms with Crippen LogP contribution in [0.1, 0.15) is 37.0 Å². The molecule has 21 heavy (non-hydrogen) atoms. The molecule has 0 bridgehead atoms. The molecule has 0 saturated carbocycles. The summed E-state index contributed by atoms with van der Waals surface area (Å²) in [5.74, 6) is 0.543. The van der Waals surface area contributed by atoms with Crippen molar-refractivity contribution in [3.05, 3.63) is 33.8 Å². The van der Waals surface area contributed by atoms with E-state index < -0.39 is 0 Å². The van der Waals surface area contributed by atoms with Gasteiger partial charge in [0.2, 0.25) is 0 Å². The van der Waals surface area contributed by atoms with E-state index >= 15 is 0 Å². The van der Waals surface area contributed by atoms with E-state index in [0.717, 1.165) is 32.5 Å².